The first kappa shape index (κ1) is 15.9. The summed E-state index contributed by atoms with van der Waals surface area (Å²) in [5, 5.41) is 2.81. The van der Waals surface area contributed by atoms with Crippen LogP contribution in [0.4, 0.5) is 0 Å². The molecule has 0 aliphatic rings. The number of carbonyl (C=O) groups excluding carboxylic acids is 1. The van der Waals surface area contributed by atoms with E-state index in [4.69, 9.17) is 9.47 Å². The molecule has 0 aliphatic heterocycles. The Morgan fingerprint density at radius 3 is 2.27 bits per heavy atom. The zero-order valence-electron chi connectivity index (χ0n) is 12.7. The molecule has 0 saturated heterocycles. The average molecular weight is 299 g/mol. The molecule has 0 aliphatic carbocycles. The van der Waals surface area contributed by atoms with Gasteiger partial charge in [-0.15, -0.1) is 0 Å². The summed E-state index contributed by atoms with van der Waals surface area (Å²) in [5.41, 5.74) is 1.19. The molecule has 0 unspecified atom stereocenters. The molecule has 0 radical (unpaired) electrons. The predicted octanol–water partition coefficient (Wildman–Crippen LogP) is 2.96. The van der Waals surface area contributed by atoms with Gasteiger partial charge in [-0.1, -0.05) is 35.9 Å². The molecule has 0 aromatic heterocycles. The maximum absolute atomic E-state index is 11.6. The Hall–Kier alpha value is -2.49. The van der Waals surface area contributed by atoms with Crippen molar-refractivity contribution in [3.05, 3.63) is 60.2 Å². The minimum atomic E-state index is -0.0385. The van der Waals surface area contributed by atoms with Crippen LogP contribution in [-0.4, -0.2) is 25.7 Å². The molecule has 2 rings (SSSR count). The summed E-state index contributed by atoms with van der Waals surface area (Å²) in [5.74, 6) is 1.55. The third-order valence-electron chi connectivity index (χ3n) is 3.06. The summed E-state index contributed by atoms with van der Waals surface area (Å²) < 4.78 is 11.0. The lowest BCUT2D eigenvalue weighted by atomic mass is 10.2. The highest BCUT2D eigenvalue weighted by Gasteiger charge is 2.01. The van der Waals surface area contributed by atoms with Crippen LogP contribution in [0.2, 0.25) is 0 Å². The highest BCUT2D eigenvalue weighted by Crippen LogP contribution is 2.11. The Labute approximate surface area is 131 Å². The Morgan fingerprint density at radius 2 is 1.55 bits per heavy atom. The first-order valence-electron chi connectivity index (χ1n) is 7.38. The van der Waals surface area contributed by atoms with Crippen LogP contribution < -0.4 is 14.8 Å². The van der Waals surface area contributed by atoms with E-state index in [0.29, 0.717) is 26.2 Å². The molecular formula is C18H21NO3. The number of para-hydroxylation sites is 1. The van der Waals surface area contributed by atoms with Crippen molar-refractivity contribution in [1.29, 1.82) is 0 Å². The van der Waals surface area contributed by atoms with Gasteiger partial charge < -0.3 is 14.8 Å². The molecule has 4 heteroatoms. The Morgan fingerprint density at radius 1 is 0.909 bits per heavy atom. The fraction of sp³-hybridized carbons (Fsp3) is 0.278. The fourth-order valence-corrected chi connectivity index (χ4v) is 1.86. The van der Waals surface area contributed by atoms with Crippen molar-refractivity contribution in [3.63, 3.8) is 0 Å². The third kappa shape index (κ3) is 5.87. The van der Waals surface area contributed by atoms with Crippen molar-refractivity contribution >= 4 is 5.91 Å². The molecule has 0 spiro atoms. The van der Waals surface area contributed by atoms with Gasteiger partial charge in [0, 0.05) is 0 Å². The van der Waals surface area contributed by atoms with Gasteiger partial charge in [-0.2, -0.15) is 0 Å². The van der Waals surface area contributed by atoms with E-state index >= 15 is 0 Å². The molecule has 2 aromatic carbocycles. The minimum absolute atomic E-state index is 0.0385. The molecule has 0 heterocycles. The Balaban J connectivity index is 1.55. The molecule has 116 valence electrons. The van der Waals surface area contributed by atoms with E-state index in [9.17, 15) is 4.79 Å². The number of hydrogen-bond donors (Lipinski definition) is 1. The summed E-state index contributed by atoms with van der Waals surface area (Å²) in [6.07, 6.45) is 0.333. The van der Waals surface area contributed by atoms with Crippen molar-refractivity contribution in [2.24, 2.45) is 0 Å². The van der Waals surface area contributed by atoms with Gasteiger partial charge in [0.1, 0.15) is 18.1 Å². The van der Waals surface area contributed by atoms with Crippen molar-refractivity contribution in [3.8, 4) is 11.5 Å². The van der Waals surface area contributed by atoms with Crippen LogP contribution in [0.25, 0.3) is 0 Å². The number of carbonyl (C=O) groups is 1. The second kappa shape index (κ2) is 8.72. The summed E-state index contributed by atoms with van der Waals surface area (Å²) in [4.78, 5) is 11.6. The molecule has 22 heavy (non-hydrogen) atoms. The number of ether oxygens (including phenoxy) is 2. The van der Waals surface area contributed by atoms with Crippen LogP contribution in [0.5, 0.6) is 11.5 Å². The van der Waals surface area contributed by atoms with E-state index in [1.807, 2.05) is 61.5 Å². The molecule has 1 N–H and O–H groups in total. The second-order valence-corrected chi connectivity index (χ2v) is 4.92. The Bertz CT molecular complexity index is 567. The lowest BCUT2D eigenvalue weighted by Gasteiger charge is -2.09. The van der Waals surface area contributed by atoms with Crippen LogP contribution in [0.3, 0.4) is 0 Å². The van der Waals surface area contributed by atoms with Crippen molar-refractivity contribution in [1.82, 2.24) is 5.32 Å². The third-order valence-corrected chi connectivity index (χ3v) is 3.06. The van der Waals surface area contributed by atoms with E-state index in [1.54, 1.807) is 0 Å². The van der Waals surface area contributed by atoms with E-state index in [1.165, 1.54) is 5.56 Å². The SMILES string of the molecule is Cc1ccc(OCCNC(=O)CCOc2ccccc2)cc1. The maximum atomic E-state index is 11.6. The van der Waals surface area contributed by atoms with Crippen LogP contribution in [0.15, 0.2) is 54.6 Å². The lowest BCUT2D eigenvalue weighted by molar-refractivity contribution is -0.121. The Kier molecular flexibility index (Phi) is 6.30. The van der Waals surface area contributed by atoms with Gasteiger partial charge in [-0.25, -0.2) is 0 Å². The van der Waals surface area contributed by atoms with Gasteiger partial charge in [0.15, 0.2) is 0 Å². The number of hydrogen-bond acceptors (Lipinski definition) is 3. The highest BCUT2D eigenvalue weighted by atomic mass is 16.5. The highest BCUT2D eigenvalue weighted by molar-refractivity contribution is 5.75. The molecule has 0 saturated carbocycles. The van der Waals surface area contributed by atoms with Crippen molar-refractivity contribution in [2.75, 3.05) is 19.8 Å². The van der Waals surface area contributed by atoms with Crippen LogP contribution in [0, 0.1) is 6.92 Å². The molecule has 4 nitrogen and oxygen atoms in total. The maximum Gasteiger partial charge on any atom is 0.223 e. The number of amides is 1. The monoisotopic (exact) mass is 299 g/mol. The van der Waals surface area contributed by atoms with Crippen LogP contribution >= 0.6 is 0 Å². The zero-order valence-corrected chi connectivity index (χ0v) is 12.7. The number of nitrogens with one attached hydrogen (secondary N) is 1. The fourth-order valence-electron chi connectivity index (χ4n) is 1.86. The van der Waals surface area contributed by atoms with Gasteiger partial charge in [-0.3, -0.25) is 4.79 Å². The number of benzene rings is 2. The molecule has 0 bridgehead atoms. The summed E-state index contributed by atoms with van der Waals surface area (Å²) in [7, 11) is 0. The quantitative estimate of drug-likeness (QED) is 0.762. The van der Waals surface area contributed by atoms with Gasteiger partial charge in [0.25, 0.3) is 0 Å². The molecular weight excluding hydrogens is 278 g/mol. The standard InChI is InChI=1S/C18H21NO3/c1-15-7-9-17(10-8-15)22-14-12-19-18(20)11-13-21-16-5-3-2-4-6-16/h2-10H,11-14H2,1H3,(H,19,20). The summed E-state index contributed by atoms with van der Waals surface area (Å²) in [6.45, 7) is 3.34. The summed E-state index contributed by atoms with van der Waals surface area (Å²) in [6, 6.07) is 17.3. The molecule has 0 fully saturated rings. The predicted molar refractivity (Wildman–Crippen MR) is 86.2 cm³/mol. The van der Waals surface area contributed by atoms with E-state index in [-0.39, 0.29) is 5.91 Å². The first-order valence-corrected chi connectivity index (χ1v) is 7.38. The van der Waals surface area contributed by atoms with Crippen molar-refractivity contribution < 1.29 is 14.3 Å². The molecule has 0 atom stereocenters. The normalized spacial score (nSPS) is 10.0. The number of rotatable bonds is 8. The average Bonchev–Trinajstić information content (AvgIpc) is 2.54. The summed E-state index contributed by atoms with van der Waals surface area (Å²) >= 11 is 0. The lowest BCUT2D eigenvalue weighted by Crippen LogP contribution is -2.29. The van der Waals surface area contributed by atoms with Crippen molar-refractivity contribution in [2.45, 2.75) is 13.3 Å². The zero-order chi connectivity index (χ0) is 15.6. The van der Waals surface area contributed by atoms with Gasteiger partial charge >= 0.3 is 0 Å². The van der Waals surface area contributed by atoms with Gasteiger partial charge in [0.2, 0.25) is 5.91 Å². The topological polar surface area (TPSA) is 47.6 Å². The molecule has 2 aromatic rings. The molecule has 1 amide bonds. The second-order valence-electron chi connectivity index (χ2n) is 4.92. The largest absolute Gasteiger partial charge is 0.493 e. The van der Waals surface area contributed by atoms with Crippen LogP contribution in [0.1, 0.15) is 12.0 Å². The number of aryl methyl sites for hydroxylation is 1. The first-order chi connectivity index (χ1) is 10.7. The van der Waals surface area contributed by atoms with Crippen LogP contribution in [-0.2, 0) is 4.79 Å². The minimum Gasteiger partial charge on any atom is -0.493 e. The van der Waals surface area contributed by atoms with E-state index < -0.39 is 0 Å². The smallest absolute Gasteiger partial charge is 0.223 e. The van der Waals surface area contributed by atoms with Gasteiger partial charge in [0.05, 0.1) is 19.6 Å². The van der Waals surface area contributed by atoms with Gasteiger partial charge in [-0.05, 0) is 31.2 Å². The van der Waals surface area contributed by atoms with E-state index in [0.717, 1.165) is 11.5 Å². The van der Waals surface area contributed by atoms with E-state index in [2.05, 4.69) is 5.32 Å².